The Labute approximate surface area is 122 Å². The minimum atomic E-state index is 0.0836. The van der Waals surface area contributed by atoms with Gasteiger partial charge >= 0.3 is 6.03 Å². The summed E-state index contributed by atoms with van der Waals surface area (Å²) in [6.45, 7) is 4.73. The summed E-state index contributed by atoms with van der Waals surface area (Å²) in [5, 5.41) is 4.98. The molecule has 5 nitrogen and oxygen atoms in total. The number of hydrogen-bond acceptors (Lipinski definition) is 4. The van der Waals surface area contributed by atoms with Gasteiger partial charge in [0, 0.05) is 43.2 Å². The average Bonchev–Trinajstić information content (AvgIpc) is 3.04. The number of rotatable bonds is 2. The van der Waals surface area contributed by atoms with E-state index in [4.69, 9.17) is 5.73 Å². The third-order valence-electron chi connectivity index (χ3n) is 3.75. The van der Waals surface area contributed by atoms with Crippen LogP contribution in [-0.2, 0) is 6.54 Å². The van der Waals surface area contributed by atoms with E-state index in [9.17, 15) is 4.79 Å². The fraction of sp³-hybridized carbons (Fsp3) is 0.500. The molecule has 0 saturated carbocycles. The molecule has 20 heavy (non-hydrogen) atoms. The Bertz CT molecular complexity index is 559. The first-order chi connectivity index (χ1) is 9.78. The highest BCUT2D eigenvalue weighted by atomic mass is 32.1. The molecule has 106 valence electrons. The molecule has 2 aliphatic rings. The Hall–Kier alpha value is -1.55. The van der Waals surface area contributed by atoms with Gasteiger partial charge in [-0.2, -0.15) is 0 Å². The summed E-state index contributed by atoms with van der Waals surface area (Å²) in [4.78, 5) is 17.2. The first-order valence-electron chi connectivity index (χ1n) is 6.80. The molecule has 0 bridgehead atoms. The number of urea groups is 1. The summed E-state index contributed by atoms with van der Waals surface area (Å²) >= 11 is 1.74. The summed E-state index contributed by atoms with van der Waals surface area (Å²) in [6.07, 6.45) is 0. The van der Waals surface area contributed by atoms with Crippen molar-refractivity contribution >= 4 is 17.4 Å². The molecule has 2 saturated heterocycles. The van der Waals surface area contributed by atoms with Crippen LogP contribution in [-0.4, -0.2) is 54.6 Å². The predicted molar refractivity (Wildman–Crippen MR) is 79.4 cm³/mol. The van der Waals surface area contributed by atoms with E-state index in [1.165, 1.54) is 4.88 Å². The van der Waals surface area contributed by atoms with Gasteiger partial charge in [0.2, 0.25) is 0 Å². The van der Waals surface area contributed by atoms with Gasteiger partial charge in [0.05, 0.1) is 12.6 Å². The first kappa shape index (κ1) is 13.4. The molecule has 1 atom stereocenters. The Morgan fingerprint density at radius 1 is 1.50 bits per heavy atom. The molecule has 1 unspecified atom stereocenters. The topological polar surface area (TPSA) is 61.6 Å². The fourth-order valence-electron chi connectivity index (χ4n) is 2.74. The molecular formula is C14H18N4OS. The number of carbonyl (C=O) groups is 1. The average molecular weight is 290 g/mol. The van der Waals surface area contributed by atoms with Crippen LogP contribution in [0.1, 0.15) is 10.4 Å². The molecule has 0 spiro atoms. The first-order valence-corrected chi connectivity index (χ1v) is 7.68. The number of carbonyl (C=O) groups excluding carboxylic acids is 1. The van der Waals surface area contributed by atoms with Gasteiger partial charge in [0.1, 0.15) is 0 Å². The van der Waals surface area contributed by atoms with Gasteiger partial charge in [-0.1, -0.05) is 11.8 Å². The minimum absolute atomic E-state index is 0.0836. The van der Waals surface area contributed by atoms with Crippen molar-refractivity contribution in [1.82, 2.24) is 15.1 Å². The lowest BCUT2D eigenvalue weighted by molar-refractivity contribution is 0.117. The molecule has 1 aromatic heterocycles. The van der Waals surface area contributed by atoms with Gasteiger partial charge < -0.3 is 16.0 Å². The zero-order valence-corrected chi connectivity index (χ0v) is 12.1. The highest BCUT2D eigenvalue weighted by Gasteiger charge is 2.35. The lowest BCUT2D eigenvalue weighted by Crippen LogP contribution is -2.51. The van der Waals surface area contributed by atoms with Crippen LogP contribution >= 0.6 is 11.3 Å². The van der Waals surface area contributed by atoms with Gasteiger partial charge in [-0.05, 0) is 11.4 Å². The number of nitrogens with one attached hydrogen (secondary N) is 1. The summed E-state index contributed by atoms with van der Waals surface area (Å²) in [5.74, 6) is 6.04. The maximum absolute atomic E-state index is 11.6. The highest BCUT2D eigenvalue weighted by Crippen LogP contribution is 2.21. The molecule has 2 amide bonds. The molecule has 3 heterocycles. The Morgan fingerprint density at radius 3 is 3.25 bits per heavy atom. The van der Waals surface area contributed by atoms with E-state index in [0.29, 0.717) is 12.6 Å². The van der Waals surface area contributed by atoms with Crippen LogP contribution in [0.4, 0.5) is 4.79 Å². The van der Waals surface area contributed by atoms with Crippen LogP contribution in [0.15, 0.2) is 11.4 Å². The summed E-state index contributed by atoms with van der Waals surface area (Å²) in [7, 11) is 0. The van der Waals surface area contributed by atoms with E-state index in [1.807, 2.05) is 4.90 Å². The Kier molecular flexibility index (Phi) is 3.92. The van der Waals surface area contributed by atoms with Crippen LogP contribution in [0.3, 0.4) is 0 Å². The van der Waals surface area contributed by atoms with Gasteiger partial charge in [-0.15, -0.1) is 11.3 Å². The third kappa shape index (κ3) is 2.66. The van der Waals surface area contributed by atoms with Crippen molar-refractivity contribution in [3.63, 3.8) is 0 Å². The number of nitrogens with two attached hydrogens (primary N) is 1. The number of amides is 2. The van der Waals surface area contributed by atoms with Crippen molar-refractivity contribution < 1.29 is 4.79 Å². The summed E-state index contributed by atoms with van der Waals surface area (Å²) in [5.41, 5.74) is 6.51. The van der Waals surface area contributed by atoms with Crippen molar-refractivity contribution in [3.8, 4) is 11.8 Å². The largest absolute Gasteiger partial charge is 0.336 e. The Balaban J connectivity index is 1.64. The van der Waals surface area contributed by atoms with Crippen molar-refractivity contribution in [3.05, 3.63) is 21.9 Å². The zero-order valence-electron chi connectivity index (χ0n) is 11.3. The maximum atomic E-state index is 11.6. The van der Waals surface area contributed by atoms with E-state index < -0.39 is 0 Å². The SMILES string of the molecule is NCC#Cc1ccsc1CN1CCN2C(=O)NCC2C1. The normalized spacial score (nSPS) is 22.1. The van der Waals surface area contributed by atoms with Crippen molar-refractivity contribution in [1.29, 1.82) is 0 Å². The number of nitrogens with zero attached hydrogens (tertiary/aromatic N) is 2. The maximum Gasteiger partial charge on any atom is 0.317 e. The lowest BCUT2D eigenvalue weighted by Gasteiger charge is -2.36. The second-order valence-electron chi connectivity index (χ2n) is 5.03. The minimum Gasteiger partial charge on any atom is -0.336 e. The molecule has 2 fully saturated rings. The number of thiophene rings is 1. The van der Waals surface area contributed by atoms with E-state index in [0.717, 1.165) is 38.3 Å². The van der Waals surface area contributed by atoms with Crippen molar-refractivity contribution in [2.45, 2.75) is 12.6 Å². The van der Waals surface area contributed by atoms with Gasteiger partial charge in [0.25, 0.3) is 0 Å². The molecule has 6 heteroatoms. The molecule has 2 aliphatic heterocycles. The molecule has 3 N–H and O–H groups in total. The van der Waals surface area contributed by atoms with Crippen LogP contribution in [0.5, 0.6) is 0 Å². The number of piperazine rings is 1. The molecule has 0 aromatic carbocycles. The molecule has 3 rings (SSSR count). The monoisotopic (exact) mass is 290 g/mol. The van der Waals surface area contributed by atoms with Crippen molar-refractivity contribution in [2.24, 2.45) is 5.73 Å². The smallest absolute Gasteiger partial charge is 0.317 e. The van der Waals surface area contributed by atoms with Crippen LogP contribution in [0.2, 0.25) is 0 Å². The van der Waals surface area contributed by atoms with Gasteiger partial charge in [-0.3, -0.25) is 4.90 Å². The van der Waals surface area contributed by atoms with E-state index in [-0.39, 0.29) is 6.03 Å². The van der Waals surface area contributed by atoms with E-state index in [2.05, 4.69) is 33.5 Å². The van der Waals surface area contributed by atoms with E-state index >= 15 is 0 Å². The van der Waals surface area contributed by atoms with Crippen LogP contribution in [0, 0.1) is 11.8 Å². The number of fused-ring (bicyclic) bond motifs is 1. The summed E-state index contributed by atoms with van der Waals surface area (Å²) in [6, 6.07) is 2.45. The summed E-state index contributed by atoms with van der Waals surface area (Å²) < 4.78 is 0. The number of hydrogen-bond donors (Lipinski definition) is 2. The van der Waals surface area contributed by atoms with Crippen LogP contribution in [0.25, 0.3) is 0 Å². The third-order valence-corrected chi connectivity index (χ3v) is 4.66. The lowest BCUT2D eigenvalue weighted by atomic mass is 10.2. The quantitative estimate of drug-likeness (QED) is 0.769. The molecule has 1 aromatic rings. The Morgan fingerprint density at radius 2 is 2.40 bits per heavy atom. The van der Waals surface area contributed by atoms with E-state index in [1.54, 1.807) is 11.3 Å². The highest BCUT2D eigenvalue weighted by molar-refractivity contribution is 7.10. The van der Waals surface area contributed by atoms with Crippen molar-refractivity contribution in [2.75, 3.05) is 32.7 Å². The molecule has 0 aliphatic carbocycles. The second-order valence-corrected chi connectivity index (χ2v) is 6.03. The molecule has 0 radical (unpaired) electrons. The standard InChI is InChI=1S/C14H18N4OS/c15-4-1-2-11-3-7-20-13(11)10-17-5-6-18-12(9-17)8-16-14(18)19/h3,7,12H,4-6,8-10,15H2,(H,16,19). The fourth-order valence-corrected chi connectivity index (χ4v) is 3.61. The van der Waals surface area contributed by atoms with Gasteiger partial charge in [0.15, 0.2) is 0 Å². The molecular weight excluding hydrogens is 272 g/mol. The second kappa shape index (κ2) is 5.83. The van der Waals surface area contributed by atoms with Gasteiger partial charge in [-0.25, -0.2) is 4.79 Å². The predicted octanol–water partition coefficient (Wildman–Crippen LogP) is 0.268. The van der Waals surface area contributed by atoms with Crippen LogP contribution < -0.4 is 11.1 Å². The zero-order chi connectivity index (χ0) is 13.9.